The van der Waals surface area contributed by atoms with Gasteiger partial charge in [0.25, 0.3) is 11.1 Å². The Labute approximate surface area is 153 Å². The fraction of sp³-hybridized carbons (Fsp3) is 0.0667. The predicted octanol–water partition coefficient (Wildman–Crippen LogP) is 4.69. The molecule has 0 unspecified atom stereocenters. The number of carbonyl (C=O) groups excluding carboxylic acids is 2. The number of rotatable bonds is 3. The van der Waals surface area contributed by atoms with E-state index in [0.717, 1.165) is 25.5 Å². The second-order valence-corrected chi connectivity index (χ2v) is 7.78. The summed E-state index contributed by atoms with van der Waals surface area (Å²) in [5, 5.41) is 2.23. The average Bonchev–Trinajstić information content (AvgIpc) is 2.77. The number of hydrogen-bond donors (Lipinski definition) is 1. The highest BCUT2D eigenvalue weighted by Crippen LogP contribution is 2.33. The van der Waals surface area contributed by atoms with Crippen LogP contribution >= 0.6 is 50.3 Å². The minimum atomic E-state index is -0.601. The third-order valence-corrected chi connectivity index (χ3v) is 5.26. The molecular weight excluding hydrogens is 479 g/mol. The number of imide groups is 1. The Morgan fingerprint density at radius 1 is 1.05 bits per heavy atom. The van der Waals surface area contributed by atoms with Crippen LogP contribution in [0.25, 0.3) is 0 Å². The molecule has 112 valence electrons. The maximum atomic E-state index is 12.5. The van der Waals surface area contributed by atoms with Crippen molar-refractivity contribution in [2.75, 3.05) is 10.2 Å². The van der Waals surface area contributed by atoms with Crippen molar-refractivity contribution in [3.8, 4) is 0 Å². The SMILES string of the molecule is O=C1S[C@@H](Nc2ccc(I)cc2)C(=O)N1c1ccc(Br)cc1. The molecule has 7 heteroatoms. The summed E-state index contributed by atoms with van der Waals surface area (Å²) in [5.41, 5.74) is 1.40. The van der Waals surface area contributed by atoms with Crippen LogP contribution in [-0.2, 0) is 4.79 Å². The molecule has 2 aromatic rings. The van der Waals surface area contributed by atoms with E-state index in [0.29, 0.717) is 5.69 Å². The van der Waals surface area contributed by atoms with Crippen molar-refractivity contribution < 1.29 is 9.59 Å². The summed E-state index contributed by atoms with van der Waals surface area (Å²) in [7, 11) is 0. The molecule has 3 rings (SSSR count). The van der Waals surface area contributed by atoms with Gasteiger partial charge in [0.15, 0.2) is 5.37 Å². The highest BCUT2D eigenvalue weighted by molar-refractivity contribution is 14.1. The molecular formula is C15H10BrIN2O2S. The molecule has 0 bridgehead atoms. The first-order valence-electron chi connectivity index (χ1n) is 6.37. The summed E-state index contributed by atoms with van der Waals surface area (Å²) >= 11 is 6.55. The lowest BCUT2D eigenvalue weighted by molar-refractivity contribution is -0.116. The zero-order chi connectivity index (χ0) is 15.7. The monoisotopic (exact) mass is 488 g/mol. The van der Waals surface area contributed by atoms with Crippen molar-refractivity contribution in [2.45, 2.75) is 5.37 Å². The standard InChI is InChI=1S/C15H10BrIN2O2S/c16-9-1-7-12(8-2-9)19-14(20)13(22-15(19)21)18-11-5-3-10(17)4-6-11/h1-8,13,18H/t13-/m1/s1. The molecule has 1 heterocycles. The Hall–Kier alpha value is -1.06. The average molecular weight is 489 g/mol. The van der Waals surface area contributed by atoms with Gasteiger partial charge >= 0.3 is 0 Å². The Balaban J connectivity index is 1.79. The highest BCUT2D eigenvalue weighted by atomic mass is 127. The molecule has 2 aromatic carbocycles. The number of benzene rings is 2. The Morgan fingerprint density at radius 3 is 2.32 bits per heavy atom. The first kappa shape index (κ1) is 15.8. The van der Waals surface area contributed by atoms with Crippen molar-refractivity contribution in [2.24, 2.45) is 0 Å². The maximum Gasteiger partial charge on any atom is 0.295 e. The predicted molar refractivity (Wildman–Crippen MR) is 101 cm³/mol. The topological polar surface area (TPSA) is 49.4 Å². The summed E-state index contributed by atoms with van der Waals surface area (Å²) < 4.78 is 2.01. The van der Waals surface area contributed by atoms with Gasteiger partial charge in [-0.05, 0) is 82.9 Å². The second kappa shape index (κ2) is 6.59. The van der Waals surface area contributed by atoms with Crippen LogP contribution in [0.1, 0.15) is 0 Å². The number of carbonyl (C=O) groups is 2. The van der Waals surface area contributed by atoms with E-state index in [1.807, 2.05) is 24.3 Å². The van der Waals surface area contributed by atoms with Crippen molar-refractivity contribution >= 4 is 72.8 Å². The van der Waals surface area contributed by atoms with E-state index < -0.39 is 5.37 Å². The lowest BCUT2D eigenvalue weighted by atomic mass is 10.3. The Morgan fingerprint density at radius 2 is 1.68 bits per heavy atom. The zero-order valence-electron chi connectivity index (χ0n) is 11.1. The summed E-state index contributed by atoms with van der Waals surface area (Å²) in [6.07, 6.45) is 0. The van der Waals surface area contributed by atoms with Crippen molar-refractivity contribution in [1.82, 2.24) is 0 Å². The van der Waals surface area contributed by atoms with Crippen LogP contribution in [-0.4, -0.2) is 16.5 Å². The number of amides is 2. The third kappa shape index (κ3) is 3.31. The van der Waals surface area contributed by atoms with Gasteiger partial charge in [0, 0.05) is 13.7 Å². The van der Waals surface area contributed by atoms with E-state index in [1.54, 1.807) is 24.3 Å². The molecule has 1 saturated heterocycles. The first-order chi connectivity index (χ1) is 10.5. The van der Waals surface area contributed by atoms with E-state index in [4.69, 9.17) is 0 Å². The Kier molecular flexibility index (Phi) is 4.74. The van der Waals surface area contributed by atoms with Crippen LogP contribution in [0.3, 0.4) is 0 Å². The van der Waals surface area contributed by atoms with Crippen LogP contribution < -0.4 is 10.2 Å². The molecule has 0 saturated carbocycles. The van der Waals surface area contributed by atoms with E-state index in [-0.39, 0.29) is 11.1 Å². The third-order valence-electron chi connectivity index (χ3n) is 3.07. The maximum absolute atomic E-state index is 12.5. The van der Waals surface area contributed by atoms with Crippen LogP contribution in [0, 0.1) is 3.57 Å². The molecule has 4 nitrogen and oxygen atoms in total. The minimum absolute atomic E-state index is 0.254. The van der Waals surface area contributed by atoms with Gasteiger partial charge in [-0.25, -0.2) is 4.90 Å². The summed E-state index contributed by atoms with van der Waals surface area (Å²) in [6, 6.07) is 14.8. The van der Waals surface area contributed by atoms with E-state index >= 15 is 0 Å². The van der Waals surface area contributed by atoms with Gasteiger partial charge in [0.1, 0.15) is 0 Å². The minimum Gasteiger partial charge on any atom is -0.365 e. The second-order valence-electron chi connectivity index (χ2n) is 4.57. The van der Waals surface area contributed by atoms with Gasteiger partial charge in [-0.3, -0.25) is 9.59 Å². The molecule has 1 atom stereocenters. The quantitative estimate of drug-likeness (QED) is 0.636. The largest absolute Gasteiger partial charge is 0.365 e. The van der Waals surface area contributed by atoms with Gasteiger partial charge in [-0.15, -0.1) is 0 Å². The lowest BCUT2D eigenvalue weighted by Crippen LogP contribution is -2.34. The van der Waals surface area contributed by atoms with Gasteiger partial charge in [-0.2, -0.15) is 0 Å². The number of nitrogens with zero attached hydrogens (tertiary/aromatic N) is 1. The van der Waals surface area contributed by atoms with Gasteiger partial charge in [0.2, 0.25) is 0 Å². The van der Waals surface area contributed by atoms with E-state index in [9.17, 15) is 9.59 Å². The summed E-state index contributed by atoms with van der Waals surface area (Å²) in [4.78, 5) is 25.8. The molecule has 1 N–H and O–H groups in total. The highest BCUT2D eigenvalue weighted by Gasteiger charge is 2.40. The molecule has 1 aliphatic rings. The number of anilines is 2. The van der Waals surface area contributed by atoms with Crippen LogP contribution in [0.4, 0.5) is 16.2 Å². The van der Waals surface area contributed by atoms with Crippen LogP contribution in [0.15, 0.2) is 53.0 Å². The van der Waals surface area contributed by atoms with Gasteiger partial charge in [-0.1, -0.05) is 15.9 Å². The first-order valence-corrected chi connectivity index (χ1v) is 9.12. The Bertz CT molecular complexity index is 721. The molecule has 0 aliphatic carbocycles. The number of nitrogens with one attached hydrogen (secondary N) is 1. The molecule has 1 aliphatic heterocycles. The molecule has 0 spiro atoms. The van der Waals surface area contributed by atoms with E-state index in [1.165, 1.54) is 4.90 Å². The smallest absolute Gasteiger partial charge is 0.295 e. The zero-order valence-corrected chi connectivity index (χ0v) is 15.7. The fourth-order valence-electron chi connectivity index (χ4n) is 2.02. The number of thioether (sulfide) groups is 1. The normalized spacial score (nSPS) is 17.9. The summed E-state index contributed by atoms with van der Waals surface area (Å²) in [5.74, 6) is -0.254. The van der Waals surface area contributed by atoms with Crippen molar-refractivity contribution in [3.63, 3.8) is 0 Å². The molecule has 0 radical (unpaired) electrons. The molecule has 22 heavy (non-hydrogen) atoms. The molecule has 2 amide bonds. The van der Waals surface area contributed by atoms with Crippen LogP contribution in [0.2, 0.25) is 0 Å². The summed E-state index contributed by atoms with van der Waals surface area (Å²) in [6.45, 7) is 0. The van der Waals surface area contributed by atoms with Gasteiger partial charge < -0.3 is 5.32 Å². The number of halogens is 2. The van der Waals surface area contributed by atoms with E-state index in [2.05, 4.69) is 43.8 Å². The molecule has 1 fully saturated rings. The van der Waals surface area contributed by atoms with Crippen molar-refractivity contribution in [1.29, 1.82) is 0 Å². The van der Waals surface area contributed by atoms with Crippen LogP contribution in [0.5, 0.6) is 0 Å². The van der Waals surface area contributed by atoms with Crippen molar-refractivity contribution in [3.05, 3.63) is 56.6 Å². The number of hydrogen-bond acceptors (Lipinski definition) is 4. The lowest BCUT2D eigenvalue weighted by Gasteiger charge is -2.15. The van der Waals surface area contributed by atoms with Gasteiger partial charge in [0.05, 0.1) is 5.69 Å². The molecule has 0 aromatic heterocycles. The fourth-order valence-corrected chi connectivity index (χ4v) is 3.55.